The van der Waals surface area contributed by atoms with Gasteiger partial charge in [-0.05, 0) is 30.3 Å². The minimum absolute atomic E-state index is 0.148. The maximum absolute atomic E-state index is 12.4. The van der Waals surface area contributed by atoms with E-state index in [4.69, 9.17) is 4.74 Å². The molecule has 2 heterocycles. The van der Waals surface area contributed by atoms with E-state index < -0.39 is 0 Å². The smallest absolute Gasteiger partial charge is 0.272 e. The second kappa shape index (κ2) is 7.37. The summed E-state index contributed by atoms with van der Waals surface area (Å²) in [6.45, 7) is 0.380. The molecule has 0 saturated carbocycles. The van der Waals surface area contributed by atoms with Crippen LogP contribution in [0.25, 0.3) is 0 Å². The van der Waals surface area contributed by atoms with Crippen LogP contribution in [0.1, 0.15) is 16.1 Å². The third kappa shape index (κ3) is 3.76. The molecule has 0 unspecified atom stereocenters. The molecule has 0 N–H and O–H groups in total. The summed E-state index contributed by atoms with van der Waals surface area (Å²) in [7, 11) is 1.73. The zero-order chi connectivity index (χ0) is 16.8. The molecule has 3 aromatic rings. The summed E-state index contributed by atoms with van der Waals surface area (Å²) in [4.78, 5) is 22.4. The number of pyridine rings is 2. The van der Waals surface area contributed by atoms with Crippen LogP contribution in [-0.2, 0) is 6.54 Å². The second-order valence-corrected chi connectivity index (χ2v) is 5.26. The summed E-state index contributed by atoms with van der Waals surface area (Å²) in [5.41, 5.74) is 1.24. The Morgan fingerprint density at radius 3 is 2.46 bits per heavy atom. The Kier molecular flexibility index (Phi) is 4.81. The number of carbonyl (C=O) groups is 1. The number of ether oxygens (including phenoxy) is 1. The molecule has 1 aromatic carbocycles. The van der Waals surface area contributed by atoms with Gasteiger partial charge in [0, 0.05) is 25.0 Å². The fraction of sp³-hybridized carbons (Fsp3) is 0.105. The van der Waals surface area contributed by atoms with Crippen molar-refractivity contribution in [1.82, 2.24) is 14.9 Å². The first kappa shape index (κ1) is 15.7. The Balaban J connectivity index is 1.76. The molecule has 0 spiro atoms. The first-order chi connectivity index (χ1) is 11.7. The van der Waals surface area contributed by atoms with E-state index >= 15 is 0 Å². The van der Waals surface area contributed by atoms with E-state index in [0.717, 1.165) is 5.56 Å². The van der Waals surface area contributed by atoms with Crippen molar-refractivity contribution in [1.29, 1.82) is 0 Å². The molecule has 0 radical (unpaired) electrons. The van der Waals surface area contributed by atoms with Gasteiger partial charge in [-0.25, -0.2) is 4.98 Å². The Hall–Kier alpha value is -3.21. The molecule has 0 saturated heterocycles. The number of rotatable bonds is 5. The lowest BCUT2D eigenvalue weighted by molar-refractivity contribution is 0.0778. The van der Waals surface area contributed by atoms with Crippen molar-refractivity contribution in [3.8, 4) is 11.6 Å². The van der Waals surface area contributed by atoms with Gasteiger partial charge in [-0.3, -0.25) is 9.78 Å². The molecule has 0 bridgehead atoms. The fourth-order valence-corrected chi connectivity index (χ4v) is 2.25. The normalized spacial score (nSPS) is 10.2. The van der Waals surface area contributed by atoms with Crippen LogP contribution >= 0.6 is 0 Å². The highest BCUT2D eigenvalue weighted by molar-refractivity contribution is 5.92. The van der Waals surface area contributed by atoms with Gasteiger partial charge in [0.25, 0.3) is 5.91 Å². The van der Waals surface area contributed by atoms with Crippen molar-refractivity contribution in [3.05, 3.63) is 84.3 Å². The predicted molar refractivity (Wildman–Crippen MR) is 90.8 cm³/mol. The predicted octanol–water partition coefficient (Wildman–Crippen LogP) is 3.54. The number of nitrogens with zero attached hydrogens (tertiary/aromatic N) is 3. The highest BCUT2D eigenvalue weighted by atomic mass is 16.5. The topological polar surface area (TPSA) is 55.3 Å². The van der Waals surface area contributed by atoms with Crippen molar-refractivity contribution in [2.24, 2.45) is 0 Å². The van der Waals surface area contributed by atoms with Crippen LogP contribution < -0.4 is 4.74 Å². The SMILES string of the molecule is CN(Cc1cccnc1Oc1ccccc1)C(=O)c1ccccn1. The molecular formula is C19H17N3O2. The minimum Gasteiger partial charge on any atom is -0.439 e. The quantitative estimate of drug-likeness (QED) is 0.722. The molecule has 5 heteroatoms. The minimum atomic E-state index is -0.148. The Labute approximate surface area is 140 Å². The number of carbonyl (C=O) groups excluding carboxylic acids is 1. The monoisotopic (exact) mass is 319 g/mol. The van der Waals surface area contributed by atoms with Gasteiger partial charge >= 0.3 is 0 Å². The fourth-order valence-electron chi connectivity index (χ4n) is 2.25. The summed E-state index contributed by atoms with van der Waals surface area (Å²) in [6.07, 6.45) is 3.28. The highest BCUT2D eigenvalue weighted by Crippen LogP contribution is 2.23. The van der Waals surface area contributed by atoms with E-state index in [9.17, 15) is 4.79 Å². The molecule has 5 nitrogen and oxygen atoms in total. The molecule has 120 valence electrons. The van der Waals surface area contributed by atoms with E-state index in [2.05, 4.69) is 9.97 Å². The largest absolute Gasteiger partial charge is 0.439 e. The number of benzene rings is 1. The molecule has 0 atom stereocenters. The maximum atomic E-state index is 12.4. The standard InChI is InChI=1S/C19H17N3O2/c1-22(19(23)17-11-5-6-12-20-17)14-15-8-7-13-21-18(15)24-16-9-3-2-4-10-16/h2-13H,14H2,1H3. The average Bonchev–Trinajstić information content (AvgIpc) is 2.64. The van der Waals surface area contributed by atoms with E-state index in [0.29, 0.717) is 23.9 Å². The van der Waals surface area contributed by atoms with Gasteiger partial charge in [0.1, 0.15) is 11.4 Å². The third-order valence-corrected chi connectivity index (χ3v) is 3.45. The van der Waals surface area contributed by atoms with E-state index in [1.165, 1.54) is 0 Å². The number of hydrogen-bond donors (Lipinski definition) is 0. The molecule has 1 amide bonds. The van der Waals surface area contributed by atoms with Crippen LogP contribution in [0.5, 0.6) is 11.6 Å². The zero-order valence-electron chi connectivity index (χ0n) is 13.3. The molecule has 0 aliphatic rings. The summed E-state index contributed by atoms with van der Waals surface area (Å²) >= 11 is 0. The number of amides is 1. The van der Waals surface area contributed by atoms with Gasteiger partial charge in [0.15, 0.2) is 0 Å². The first-order valence-corrected chi connectivity index (χ1v) is 7.57. The van der Waals surface area contributed by atoms with Gasteiger partial charge in [0.2, 0.25) is 5.88 Å². The molecule has 0 aliphatic carbocycles. The van der Waals surface area contributed by atoms with Crippen molar-refractivity contribution in [2.45, 2.75) is 6.54 Å². The Bertz CT molecular complexity index is 807. The molecule has 0 fully saturated rings. The first-order valence-electron chi connectivity index (χ1n) is 7.57. The van der Waals surface area contributed by atoms with Crippen LogP contribution in [0.15, 0.2) is 73.1 Å². The third-order valence-electron chi connectivity index (χ3n) is 3.45. The second-order valence-electron chi connectivity index (χ2n) is 5.26. The lowest BCUT2D eigenvalue weighted by Gasteiger charge is -2.18. The molecular weight excluding hydrogens is 302 g/mol. The van der Waals surface area contributed by atoms with E-state index in [1.54, 1.807) is 42.5 Å². The van der Waals surface area contributed by atoms with Gasteiger partial charge in [-0.15, -0.1) is 0 Å². The van der Waals surface area contributed by atoms with Crippen LogP contribution in [0.3, 0.4) is 0 Å². The highest BCUT2D eigenvalue weighted by Gasteiger charge is 2.15. The Morgan fingerprint density at radius 1 is 0.958 bits per heavy atom. The van der Waals surface area contributed by atoms with Crippen LogP contribution in [0.2, 0.25) is 0 Å². The van der Waals surface area contributed by atoms with Crippen LogP contribution in [0.4, 0.5) is 0 Å². The van der Waals surface area contributed by atoms with Gasteiger partial charge in [0.05, 0.1) is 6.54 Å². The maximum Gasteiger partial charge on any atom is 0.272 e. The van der Waals surface area contributed by atoms with Crippen LogP contribution in [-0.4, -0.2) is 27.8 Å². The van der Waals surface area contributed by atoms with Crippen molar-refractivity contribution in [3.63, 3.8) is 0 Å². The summed E-state index contributed by atoms with van der Waals surface area (Å²) in [6, 6.07) is 18.4. The van der Waals surface area contributed by atoms with Crippen molar-refractivity contribution in [2.75, 3.05) is 7.05 Å². The summed E-state index contributed by atoms with van der Waals surface area (Å²) in [5, 5.41) is 0. The van der Waals surface area contributed by atoms with Gasteiger partial charge < -0.3 is 9.64 Å². The summed E-state index contributed by atoms with van der Waals surface area (Å²) in [5.74, 6) is 1.05. The van der Waals surface area contributed by atoms with Crippen LogP contribution in [0, 0.1) is 0 Å². The Morgan fingerprint density at radius 2 is 1.71 bits per heavy atom. The zero-order valence-corrected chi connectivity index (χ0v) is 13.3. The number of para-hydroxylation sites is 1. The lowest BCUT2D eigenvalue weighted by atomic mass is 10.2. The van der Waals surface area contributed by atoms with Crippen molar-refractivity contribution >= 4 is 5.91 Å². The number of hydrogen-bond acceptors (Lipinski definition) is 4. The van der Waals surface area contributed by atoms with Gasteiger partial charge in [-0.2, -0.15) is 0 Å². The summed E-state index contributed by atoms with van der Waals surface area (Å²) < 4.78 is 5.83. The van der Waals surface area contributed by atoms with Crippen molar-refractivity contribution < 1.29 is 9.53 Å². The molecule has 24 heavy (non-hydrogen) atoms. The number of aromatic nitrogens is 2. The lowest BCUT2D eigenvalue weighted by Crippen LogP contribution is -2.27. The van der Waals surface area contributed by atoms with E-state index in [1.807, 2.05) is 42.5 Å². The van der Waals surface area contributed by atoms with Gasteiger partial charge in [-0.1, -0.05) is 30.3 Å². The molecule has 2 aromatic heterocycles. The molecule has 3 rings (SSSR count). The molecule has 0 aliphatic heterocycles. The average molecular weight is 319 g/mol. The van der Waals surface area contributed by atoms with E-state index in [-0.39, 0.29) is 5.91 Å².